The van der Waals surface area contributed by atoms with Crippen LogP contribution in [0, 0.1) is 0 Å². The van der Waals surface area contributed by atoms with Gasteiger partial charge in [-0.15, -0.1) is 0 Å². The molecule has 0 saturated heterocycles. The van der Waals surface area contributed by atoms with Crippen LogP contribution in [0.25, 0.3) is 11.1 Å². The zero-order valence-electron chi connectivity index (χ0n) is 18.1. The molecule has 2 N–H and O–H groups in total. The summed E-state index contributed by atoms with van der Waals surface area (Å²) in [4.78, 5) is 24.3. The predicted molar refractivity (Wildman–Crippen MR) is 127 cm³/mol. The van der Waals surface area contributed by atoms with Crippen LogP contribution in [0.1, 0.15) is 24.5 Å². The van der Waals surface area contributed by atoms with Gasteiger partial charge in [-0.2, -0.15) is 18.3 Å². The maximum atomic E-state index is 12.9. The van der Waals surface area contributed by atoms with Crippen LogP contribution >= 0.6 is 11.6 Å². The second kappa shape index (κ2) is 11.0. The lowest BCUT2D eigenvalue weighted by Gasteiger charge is -2.11. The van der Waals surface area contributed by atoms with E-state index >= 15 is 0 Å². The van der Waals surface area contributed by atoms with E-state index in [-0.39, 0.29) is 30.1 Å². The molecule has 3 rings (SSSR count). The van der Waals surface area contributed by atoms with Crippen LogP contribution in [-0.4, -0.2) is 17.5 Å². The Morgan fingerprint density at radius 1 is 0.912 bits per heavy atom. The average Bonchev–Trinajstić information content (AvgIpc) is 2.79. The normalized spacial score (nSPS) is 11.7. The highest BCUT2D eigenvalue weighted by atomic mass is 35.5. The Hall–Kier alpha value is -3.65. The summed E-state index contributed by atoms with van der Waals surface area (Å²) in [6.07, 6.45) is -4.75. The van der Waals surface area contributed by atoms with Crippen LogP contribution in [0.3, 0.4) is 0 Å². The molecule has 9 heteroatoms. The molecule has 0 bridgehead atoms. The van der Waals surface area contributed by atoms with Gasteiger partial charge in [0.15, 0.2) is 0 Å². The van der Waals surface area contributed by atoms with Crippen LogP contribution in [0.5, 0.6) is 0 Å². The van der Waals surface area contributed by atoms with Crippen molar-refractivity contribution in [2.75, 3.05) is 5.32 Å². The number of hydrogen-bond acceptors (Lipinski definition) is 3. The summed E-state index contributed by atoms with van der Waals surface area (Å²) in [5.74, 6) is -0.942. The number of nitrogens with one attached hydrogen (secondary N) is 2. The smallest absolute Gasteiger partial charge is 0.326 e. The van der Waals surface area contributed by atoms with Gasteiger partial charge in [0.25, 0.3) is 0 Å². The Kier molecular flexibility index (Phi) is 8.07. The fraction of sp³-hybridized carbons (Fsp3) is 0.160. The number of carbonyl (C=O) groups excluding carboxylic acids is 2. The molecule has 0 aliphatic rings. The Morgan fingerprint density at radius 3 is 2.21 bits per heavy atom. The number of anilines is 1. The molecule has 0 heterocycles. The van der Waals surface area contributed by atoms with Crippen LogP contribution in [0.2, 0.25) is 5.02 Å². The number of rotatable bonds is 7. The summed E-state index contributed by atoms with van der Waals surface area (Å²) < 4.78 is 38.8. The highest BCUT2D eigenvalue weighted by Crippen LogP contribution is 2.36. The Labute approximate surface area is 199 Å². The maximum absolute atomic E-state index is 12.9. The molecule has 5 nitrogen and oxygen atoms in total. The van der Waals surface area contributed by atoms with E-state index in [1.165, 1.54) is 13.0 Å². The molecule has 0 unspecified atom stereocenters. The Morgan fingerprint density at radius 2 is 1.56 bits per heavy atom. The summed E-state index contributed by atoms with van der Waals surface area (Å²) >= 11 is 5.57. The summed E-state index contributed by atoms with van der Waals surface area (Å²) in [6, 6.07) is 20.5. The monoisotopic (exact) mass is 487 g/mol. The van der Waals surface area contributed by atoms with Crippen molar-refractivity contribution >= 4 is 34.8 Å². The minimum atomic E-state index is -4.64. The first-order valence-corrected chi connectivity index (χ1v) is 10.6. The first-order valence-electron chi connectivity index (χ1n) is 10.2. The molecular weight excluding hydrogens is 467 g/mol. The summed E-state index contributed by atoms with van der Waals surface area (Å²) in [7, 11) is 0. The van der Waals surface area contributed by atoms with Gasteiger partial charge in [-0.1, -0.05) is 66.2 Å². The minimum Gasteiger partial charge on any atom is -0.326 e. The van der Waals surface area contributed by atoms with Gasteiger partial charge >= 0.3 is 6.18 Å². The molecule has 3 aromatic rings. The molecule has 0 atom stereocenters. The first kappa shape index (κ1) is 25.0. The van der Waals surface area contributed by atoms with E-state index in [0.29, 0.717) is 0 Å². The van der Waals surface area contributed by atoms with Crippen molar-refractivity contribution in [3.05, 3.63) is 88.9 Å². The summed E-state index contributed by atoms with van der Waals surface area (Å²) in [5.41, 5.74) is 4.50. The number of hydrogen-bond donors (Lipinski definition) is 2. The second-order valence-electron chi connectivity index (χ2n) is 7.54. The molecule has 3 aromatic carbocycles. The van der Waals surface area contributed by atoms with Crippen molar-refractivity contribution in [2.24, 2.45) is 5.10 Å². The van der Waals surface area contributed by atoms with Crippen LogP contribution < -0.4 is 10.7 Å². The number of halogens is 4. The zero-order chi connectivity index (χ0) is 24.7. The van der Waals surface area contributed by atoms with Gasteiger partial charge in [0.05, 0.1) is 23.4 Å². The lowest BCUT2D eigenvalue weighted by Crippen LogP contribution is -2.23. The molecule has 0 fully saturated rings. The third-order valence-electron chi connectivity index (χ3n) is 4.77. The largest absolute Gasteiger partial charge is 0.417 e. The highest BCUT2D eigenvalue weighted by molar-refractivity contribution is 6.31. The fourth-order valence-corrected chi connectivity index (χ4v) is 3.35. The molecule has 0 saturated carbocycles. The number of amides is 2. The average molecular weight is 488 g/mol. The zero-order valence-corrected chi connectivity index (χ0v) is 18.9. The molecular formula is C25H21ClF3N3O2. The molecule has 176 valence electrons. The lowest BCUT2D eigenvalue weighted by atomic mass is 10.0. The number of benzene rings is 3. The maximum Gasteiger partial charge on any atom is 0.417 e. The summed E-state index contributed by atoms with van der Waals surface area (Å²) in [5, 5.41) is 5.80. The van der Waals surface area contributed by atoms with E-state index in [1.54, 1.807) is 0 Å². The van der Waals surface area contributed by atoms with E-state index in [0.717, 1.165) is 28.8 Å². The fourth-order valence-electron chi connectivity index (χ4n) is 3.13. The van der Waals surface area contributed by atoms with Gasteiger partial charge < -0.3 is 5.32 Å². The molecule has 0 aliphatic carbocycles. The van der Waals surface area contributed by atoms with Crippen molar-refractivity contribution in [3.63, 3.8) is 0 Å². The molecule has 0 aromatic heterocycles. The Balaban J connectivity index is 1.51. The van der Waals surface area contributed by atoms with Crippen molar-refractivity contribution in [1.29, 1.82) is 0 Å². The van der Waals surface area contributed by atoms with Crippen LogP contribution in [-0.2, 0) is 22.2 Å². The molecule has 0 radical (unpaired) electrons. The number of carbonyl (C=O) groups is 2. The standard InChI is InChI=1S/C25H21ClF3N3O2/c1-16(13-23(33)30-20-11-12-22(26)21(15-20)25(27,28)29)31-32-24(34)14-17-7-9-19(10-8-17)18-5-3-2-4-6-18/h2-12,15H,13-14H2,1H3,(H,30,33)(H,32,34)/b31-16+. The number of hydrazone groups is 1. The van der Waals surface area contributed by atoms with Crippen LogP contribution in [0.4, 0.5) is 18.9 Å². The van der Waals surface area contributed by atoms with E-state index in [4.69, 9.17) is 11.6 Å². The first-order chi connectivity index (χ1) is 16.1. The van der Waals surface area contributed by atoms with Crippen molar-refractivity contribution in [2.45, 2.75) is 25.9 Å². The van der Waals surface area contributed by atoms with Gasteiger partial charge in [-0.3, -0.25) is 9.59 Å². The van der Waals surface area contributed by atoms with Gasteiger partial charge in [0, 0.05) is 11.4 Å². The van der Waals surface area contributed by atoms with E-state index < -0.39 is 22.7 Å². The quantitative estimate of drug-likeness (QED) is 0.313. The molecule has 0 aliphatic heterocycles. The minimum absolute atomic E-state index is 0.0440. The van der Waals surface area contributed by atoms with Crippen molar-refractivity contribution in [1.82, 2.24) is 5.43 Å². The lowest BCUT2D eigenvalue weighted by molar-refractivity contribution is -0.137. The van der Waals surface area contributed by atoms with E-state index in [1.807, 2.05) is 54.6 Å². The van der Waals surface area contributed by atoms with Crippen LogP contribution in [0.15, 0.2) is 77.9 Å². The number of nitrogens with zero attached hydrogens (tertiary/aromatic N) is 1. The number of alkyl halides is 3. The highest BCUT2D eigenvalue weighted by Gasteiger charge is 2.33. The summed E-state index contributed by atoms with van der Waals surface area (Å²) in [6.45, 7) is 1.53. The van der Waals surface area contributed by atoms with Gasteiger partial charge in [0.2, 0.25) is 11.8 Å². The van der Waals surface area contributed by atoms with Crippen molar-refractivity contribution < 1.29 is 22.8 Å². The van der Waals surface area contributed by atoms with E-state index in [9.17, 15) is 22.8 Å². The molecule has 0 spiro atoms. The van der Waals surface area contributed by atoms with Crippen molar-refractivity contribution in [3.8, 4) is 11.1 Å². The predicted octanol–water partition coefficient (Wildman–Crippen LogP) is 6.09. The van der Waals surface area contributed by atoms with Gasteiger partial charge in [0.1, 0.15) is 0 Å². The topological polar surface area (TPSA) is 70.6 Å². The second-order valence-corrected chi connectivity index (χ2v) is 7.95. The third-order valence-corrected chi connectivity index (χ3v) is 5.10. The van der Waals surface area contributed by atoms with E-state index in [2.05, 4.69) is 15.8 Å². The van der Waals surface area contributed by atoms with Gasteiger partial charge in [-0.25, -0.2) is 5.43 Å². The SMILES string of the molecule is C/C(CC(=O)Nc1ccc(Cl)c(C(F)(F)F)c1)=N\NC(=O)Cc1ccc(-c2ccccc2)cc1. The Bertz CT molecular complexity index is 1190. The third kappa shape index (κ3) is 7.18. The molecule has 2 amide bonds. The van der Waals surface area contributed by atoms with Gasteiger partial charge in [-0.05, 0) is 41.8 Å². The molecule has 34 heavy (non-hydrogen) atoms.